The molecular weight excluding hydrogens is 176 g/mol. The van der Waals surface area contributed by atoms with Gasteiger partial charge in [0.05, 0.1) is 5.69 Å². The number of carbonyl (C=O) groups excluding carboxylic acids is 1. The number of rotatable bonds is 1. The molecule has 3 nitrogen and oxygen atoms in total. The van der Waals surface area contributed by atoms with Crippen molar-refractivity contribution < 1.29 is 4.79 Å². The van der Waals surface area contributed by atoms with Gasteiger partial charge in [-0.2, -0.15) is 0 Å². The molecule has 1 unspecified atom stereocenters. The molecule has 0 amide bonds. The minimum Gasteiger partial charge on any atom is -0.297 e. The highest BCUT2D eigenvalue weighted by atomic mass is 16.1. The Kier molecular flexibility index (Phi) is 2.11. The van der Waals surface area contributed by atoms with Gasteiger partial charge in [-0.1, -0.05) is 6.07 Å². The number of pyridine rings is 1. The number of hydrogen-bond acceptors (Lipinski definition) is 3. The minimum absolute atomic E-state index is 0.263. The van der Waals surface area contributed by atoms with E-state index < -0.39 is 5.54 Å². The SMILES string of the molecule is CN1CCC(=O)C1(C)c1ccccn1. The topological polar surface area (TPSA) is 33.2 Å². The van der Waals surface area contributed by atoms with Crippen LogP contribution in [0.2, 0.25) is 0 Å². The fourth-order valence-electron chi connectivity index (χ4n) is 1.94. The lowest BCUT2D eigenvalue weighted by atomic mass is 9.93. The van der Waals surface area contributed by atoms with Gasteiger partial charge in [-0.05, 0) is 26.1 Å². The number of Topliss-reactive ketones (excluding diaryl/α,β-unsaturated/α-hetero) is 1. The largest absolute Gasteiger partial charge is 0.297 e. The van der Waals surface area contributed by atoms with Gasteiger partial charge in [0.15, 0.2) is 5.78 Å². The standard InChI is InChI=1S/C11H14N2O/c1-11(9-5-3-4-7-12-9)10(14)6-8-13(11)2/h3-5,7H,6,8H2,1-2H3. The van der Waals surface area contributed by atoms with Crippen LogP contribution in [0.1, 0.15) is 19.0 Å². The fourth-order valence-corrected chi connectivity index (χ4v) is 1.94. The Morgan fingerprint density at radius 3 is 2.79 bits per heavy atom. The number of likely N-dealkylation sites (N-methyl/N-ethyl adjacent to an activating group) is 1. The van der Waals surface area contributed by atoms with Crippen molar-refractivity contribution in [1.82, 2.24) is 9.88 Å². The molecule has 0 spiro atoms. The molecule has 2 rings (SSSR count). The van der Waals surface area contributed by atoms with Crippen LogP contribution in [0, 0.1) is 0 Å². The second kappa shape index (κ2) is 3.17. The molecule has 1 saturated heterocycles. The van der Waals surface area contributed by atoms with E-state index in [1.807, 2.05) is 32.2 Å². The average Bonchev–Trinajstić information content (AvgIpc) is 2.49. The van der Waals surface area contributed by atoms with Gasteiger partial charge >= 0.3 is 0 Å². The Hall–Kier alpha value is -1.22. The molecule has 74 valence electrons. The third kappa shape index (κ3) is 1.16. The van der Waals surface area contributed by atoms with E-state index in [0.29, 0.717) is 6.42 Å². The minimum atomic E-state index is -0.513. The second-order valence-corrected chi connectivity index (χ2v) is 3.88. The summed E-state index contributed by atoms with van der Waals surface area (Å²) in [6, 6.07) is 5.71. The summed E-state index contributed by atoms with van der Waals surface area (Å²) in [6.45, 7) is 2.77. The van der Waals surface area contributed by atoms with E-state index in [-0.39, 0.29) is 5.78 Å². The monoisotopic (exact) mass is 190 g/mol. The van der Waals surface area contributed by atoms with Gasteiger partial charge in [0.2, 0.25) is 0 Å². The quantitative estimate of drug-likeness (QED) is 0.667. The summed E-state index contributed by atoms with van der Waals surface area (Å²) in [7, 11) is 1.97. The van der Waals surface area contributed by atoms with E-state index in [1.165, 1.54) is 0 Å². The maximum Gasteiger partial charge on any atom is 0.160 e. The van der Waals surface area contributed by atoms with E-state index in [4.69, 9.17) is 0 Å². The molecule has 1 aromatic heterocycles. The van der Waals surface area contributed by atoms with Gasteiger partial charge in [0.1, 0.15) is 5.54 Å². The Morgan fingerprint density at radius 1 is 1.50 bits per heavy atom. The Morgan fingerprint density at radius 2 is 2.29 bits per heavy atom. The van der Waals surface area contributed by atoms with Crippen molar-refractivity contribution in [2.45, 2.75) is 18.9 Å². The highest BCUT2D eigenvalue weighted by Crippen LogP contribution is 2.32. The van der Waals surface area contributed by atoms with Crippen LogP contribution in [0.15, 0.2) is 24.4 Å². The second-order valence-electron chi connectivity index (χ2n) is 3.88. The van der Waals surface area contributed by atoms with Gasteiger partial charge in [-0.3, -0.25) is 14.7 Å². The maximum atomic E-state index is 11.8. The molecule has 0 saturated carbocycles. The van der Waals surface area contributed by atoms with Crippen molar-refractivity contribution in [3.05, 3.63) is 30.1 Å². The van der Waals surface area contributed by atoms with Crippen molar-refractivity contribution in [3.8, 4) is 0 Å². The smallest absolute Gasteiger partial charge is 0.160 e. The number of aromatic nitrogens is 1. The van der Waals surface area contributed by atoms with Crippen LogP contribution in [0.3, 0.4) is 0 Å². The summed E-state index contributed by atoms with van der Waals surface area (Å²) < 4.78 is 0. The highest BCUT2D eigenvalue weighted by Gasteiger charge is 2.44. The van der Waals surface area contributed by atoms with Crippen LogP contribution in [0.5, 0.6) is 0 Å². The van der Waals surface area contributed by atoms with Gasteiger partial charge in [0.25, 0.3) is 0 Å². The van der Waals surface area contributed by atoms with Crippen molar-refractivity contribution in [2.24, 2.45) is 0 Å². The summed E-state index contributed by atoms with van der Waals surface area (Å²) in [4.78, 5) is 18.2. The maximum absolute atomic E-state index is 11.8. The van der Waals surface area contributed by atoms with Crippen molar-refractivity contribution in [1.29, 1.82) is 0 Å². The summed E-state index contributed by atoms with van der Waals surface area (Å²) in [6.07, 6.45) is 2.36. The van der Waals surface area contributed by atoms with Gasteiger partial charge in [-0.25, -0.2) is 0 Å². The zero-order valence-electron chi connectivity index (χ0n) is 8.53. The molecule has 14 heavy (non-hydrogen) atoms. The Balaban J connectivity index is 2.46. The molecule has 1 aromatic rings. The van der Waals surface area contributed by atoms with Gasteiger partial charge in [0, 0.05) is 19.2 Å². The lowest BCUT2D eigenvalue weighted by molar-refractivity contribution is -0.124. The molecule has 0 aromatic carbocycles. The van der Waals surface area contributed by atoms with E-state index in [2.05, 4.69) is 9.88 Å². The van der Waals surface area contributed by atoms with E-state index in [0.717, 1.165) is 12.2 Å². The first-order valence-electron chi connectivity index (χ1n) is 4.82. The molecule has 1 fully saturated rings. The van der Waals surface area contributed by atoms with E-state index in [9.17, 15) is 4.79 Å². The van der Waals surface area contributed by atoms with Crippen LogP contribution in [0.25, 0.3) is 0 Å². The molecule has 1 aliphatic heterocycles. The Bertz CT molecular complexity index is 350. The fraction of sp³-hybridized carbons (Fsp3) is 0.455. The summed E-state index contributed by atoms with van der Waals surface area (Å²) in [5, 5.41) is 0. The summed E-state index contributed by atoms with van der Waals surface area (Å²) >= 11 is 0. The molecular formula is C11H14N2O. The summed E-state index contributed by atoms with van der Waals surface area (Å²) in [5.74, 6) is 0.263. The number of carbonyl (C=O) groups is 1. The van der Waals surface area contributed by atoms with E-state index in [1.54, 1.807) is 6.20 Å². The summed E-state index contributed by atoms with van der Waals surface area (Å²) in [5.41, 5.74) is 0.339. The first-order chi connectivity index (χ1) is 6.65. The number of likely N-dealkylation sites (tertiary alicyclic amines) is 1. The Labute approximate surface area is 83.8 Å². The molecule has 0 radical (unpaired) electrons. The lowest BCUT2D eigenvalue weighted by Crippen LogP contribution is -2.41. The van der Waals surface area contributed by atoms with Crippen LogP contribution < -0.4 is 0 Å². The number of hydrogen-bond donors (Lipinski definition) is 0. The number of ketones is 1. The zero-order chi connectivity index (χ0) is 10.2. The molecule has 0 aliphatic carbocycles. The average molecular weight is 190 g/mol. The normalized spacial score (nSPS) is 28.3. The third-order valence-corrected chi connectivity index (χ3v) is 3.14. The van der Waals surface area contributed by atoms with Crippen LogP contribution in [-0.2, 0) is 10.3 Å². The zero-order valence-corrected chi connectivity index (χ0v) is 8.53. The first kappa shape index (κ1) is 9.34. The molecule has 0 bridgehead atoms. The van der Waals surface area contributed by atoms with Crippen molar-refractivity contribution in [3.63, 3.8) is 0 Å². The molecule has 2 heterocycles. The predicted octanol–water partition coefficient (Wildman–Crippen LogP) is 1.20. The van der Waals surface area contributed by atoms with Crippen LogP contribution >= 0.6 is 0 Å². The van der Waals surface area contributed by atoms with Gasteiger partial charge < -0.3 is 0 Å². The van der Waals surface area contributed by atoms with Crippen LogP contribution in [-0.4, -0.2) is 29.3 Å². The van der Waals surface area contributed by atoms with E-state index >= 15 is 0 Å². The molecule has 3 heteroatoms. The van der Waals surface area contributed by atoms with Crippen LogP contribution in [0.4, 0.5) is 0 Å². The molecule has 1 atom stereocenters. The molecule has 0 N–H and O–H groups in total. The highest BCUT2D eigenvalue weighted by molar-refractivity contribution is 5.90. The van der Waals surface area contributed by atoms with Crippen molar-refractivity contribution in [2.75, 3.05) is 13.6 Å². The van der Waals surface area contributed by atoms with Gasteiger partial charge in [-0.15, -0.1) is 0 Å². The molecule has 1 aliphatic rings. The van der Waals surface area contributed by atoms with Crippen molar-refractivity contribution >= 4 is 5.78 Å². The number of nitrogens with zero attached hydrogens (tertiary/aromatic N) is 2. The first-order valence-corrected chi connectivity index (χ1v) is 4.82. The lowest BCUT2D eigenvalue weighted by Gasteiger charge is -2.29. The third-order valence-electron chi connectivity index (χ3n) is 3.14. The predicted molar refractivity (Wildman–Crippen MR) is 53.8 cm³/mol.